The number of aryl methyl sites for hydroxylation is 2. The number of anilines is 4. The van der Waals surface area contributed by atoms with Gasteiger partial charge in [-0.2, -0.15) is 9.97 Å². The van der Waals surface area contributed by atoms with Gasteiger partial charge in [-0.1, -0.05) is 12.1 Å². The molecule has 0 saturated carbocycles. The number of piperidine rings is 2. The molecule has 3 N–H and O–H groups in total. The summed E-state index contributed by atoms with van der Waals surface area (Å²) >= 11 is 0. The van der Waals surface area contributed by atoms with Crippen molar-refractivity contribution in [3.8, 4) is 11.5 Å². The van der Waals surface area contributed by atoms with E-state index in [2.05, 4.69) is 74.1 Å². The van der Waals surface area contributed by atoms with E-state index in [1.807, 2.05) is 0 Å². The lowest BCUT2D eigenvalue weighted by molar-refractivity contribution is 0.0902. The van der Waals surface area contributed by atoms with Gasteiger partial charge >= 0.3 is 0 Å². The van der Waals surface area contributed by atoms with Crippen molar-refractivity contribution in [2.75, 3.05) is 118 Å². The molecule has 2 aromatic heterocycles. The van der Waals surface area contributed by atoms with Crippen LogP contribution in [0.15, 0.2) is 46.2 Å². The van der Waals surface area contributed by atoms with Crippen LogP contribution in [0.25, 0.3) is 0 Å². The number of aromatic nitrogens is 4. The molecule has 0 amide bonds. The first kappa shape index (κ1) is 48.8. The molecule has 4 aromatic rings. The number of hydrogen-bond donors (Lipinski definition) is 3. The van der Waals surface area contributed by atoms with Gasteiger partial charge in [0.15, 0.2) is 0 Å². The number of hydrogen-bond acceptors (Lipinski definition) is 16. The molecule has 2 unspecified atom stereocenters. The summed E-state index contributed by atoms with van der Waals surface area (Å²) in [6.07, 6.45) is 13.8. The number of nitrogens with one attached hydrogen (secondary N) is 3. The zero-order chi connectivity index (χ0) is 48.1. The van der Waals surface area contributed by atoms with E-state index in [0.717, 1.165) is 225 Å². The second kappa shape index (κ2) is 22.8. The highest BCUT2D eigenvalue weighted by Gasteiger charge is 2.33. The third-order valence-electron chi connectivity index (χ3n) is 15.6. The Morgan fingerprint density at radius 3 is 1.48 bits per heavy atom. The van der Waals surface area contributed by atoms with Crippen LogP contribution in [0.2, 0.25) is 0 Å². The van der Waals surface area contributed by atoms with Gasteiger partial charge in [-0.25, -0.2) is 9.97 Å². The minimum absolute atomic E-state index is 0.203. The molecular formula is C53H72N10O6S2. The number of nitrogens with zero attached hydrogens (tertiary/aromatic N) is 7. The van der Waals surface area contributed by atoms with Crippen molar-refractivity contribution in [2.24, 2.45) is 0 Å². The Hall–Kier alpha value is -4.46. The molecule has 2 atom stereocenters. The van der Waals surface area contributed by atoms with Gasteiger partial charge in [0.1, 0.15) is 45.1 Å². The monoisotopic (exact) mass is 1010 g/mol. The van der Waals surface area contributed by atoms with Gasteiger partial charge in [0.05, 0.1) is 33.0 Å². The number of likely N-dealkylation sites (N-methyl/N-ethyl adjacent to an activating group) is 1. The van der Waals surface area contributed by atoms with Crippen LogP contribution in [0.1, 0.15) is 85.0 Å². The average molecular weight is 1010 g/mol. The van der Waals surface area contributed by atoms with Crippen LogP contribution < -0.4 is 35.2 Å². The van der Waals surface area contributed by atoms with Crippen molar-refractivity contribution in [1.29, 1.82) is 0 Å². The lowest BCUT2D eigenvalue weighted by Crippen LogP contribution is -2.39. The van der Waals surface area contributed by atoms with Gasteiger partial charge in [0.2, 0.25) is 11.9 Å². The molecule has 0 radical (unpaired) electrons. The molecule has 8 aliphatic rings. The zero-order valence-corrected chi connectivity index (χ0v) is 43.1. The smallest absolute Gasteiger partial charge is 0.227 e. The standard InChI is InChI=1S/C27H37N5O3S.C26H35N5O3S/c1-31-11-4-19-2-3-23(18-20(19)5-12-31)35-22-6-13-32(14-7-22)27-29-24-10-17-36(33)25(24)26(30-27)28-21-8-15-34-16-9-21;32-35-16-9-23-24(35)25(28-20-7-14-33-15-8-20)30-26(29-23)31-12-5-21(6-13-31)34-22-2-1-18-3-10-27-11-4-19(18)17-22/h2-3,18,21-22H,4-17H2,1H3,(H,28,29,30);1-2,17,20-21,27H,3-16H2,(H,28,29,30). The van der Waals surface area contributed by atoms with Crippen LogP contribution in [0.4, 0.5) is 23.5 Å². The lowest BCUT2D eigenvalue weighted by atomic mass is 10.0. The van der Waals surface area contributed by atoms with E-state index in [4.69, 9.17) is 38.9 Å². The highest BCUT2D eigenvalue weighted by molar-refractivity contribution is 7.85. The second-order valence-electron chi connectivity index (χ2n) is 20.5. The topological polar surface area (TPSA) is 168 Å². The maximum Gasteiger partial charge on any atom is 0.227 e. The summed E-state index contributed by atoms with van der Waals surface area (Å²) < 4.78 is 49.2. The second-order valence-corrected chi connectivity index (χ2v) is 23.5. The van der Waals surface area contributed by atoms with Gasteiger partial charge in [0.25, 0.3) is 0 Å². The summed E-state index contributed by atoms with van der Waals surface area (Å²) in [5, 5.41) is 10.6. The molecule has 4 saturated heterocycles. The van der Waals surface area contributed by atoms with Crippen molar-refractivity contribution in [3.63, 3.8) is 0 Å². The number of rotatable bonds is 10. The normalized spacial score (nSPS) is 23.6. The first-order valence-electron chi connectivity index (χ1n) is 26.6. The molecule has 71 heavy (non-hydrogen) atoms. The fourth-order valence-corrected chi connectivity index (χ4v) is 13.9. The summed E-state index contributed by atoms with van der Waals surface area (Å²) in [7, 11) is 0.161. The van der Waals surface area contributed by atoms with E-state index in [0.29, 0.717) is 23.6 Å². The first-order chi connectivity index (χ1) is 34.8. The van der Waals surface area contributed by atoms with Crippen molar-refractivity contribution in [3.05, 3.63) is 70.0 Å². The van der Waals surface area contributed by atoms with E-state index < -0.39 is 21.6 Å². The van der Waals surface area contributed by atoms with Gasteiger partial charge in [-0.3, -0.25) is 8.42 Å². The maximum absolute atomic E-state index is 12.7. The lowest BCUT2D eigenvalue weighted by Gasteiger charge is -2.33. The fourth-order valence-electron chi connectivity index (χ4n) is 11.3. The minimum Gasteiger partial charge on any atom is -0.490 e. The van der Waals surface area contributed by atoms with Crippen LogP contribution >= 0.6 is 0 Å². The molecular weight excluding hydrogens is 937 g/mol. The Kier molecular flexibility index (Phi) is 15.6. The van der Waals surface area contributed by atoms with Crippen molar-refractivity contribution in [2.45, 2.75) is 124 Å². The van der Waals surface area contributed by atoms with E-state index in [1.54, 1.807) is 0 Å². The Morgan fingerprint density at radius 2 is 0.986 bits per heavy atom. The van der Waals surface area contributed by atoms with Crippen molar-refractivity contribution < 1.29 is 27.4 Å². The Labute approximate surface area is 424 Å². The molecule has 18 heteroatoms. The van der Waals surface area contributed by atoms with Crippen LogP contribution in [0.3, 0.4) is 0 Å². The predicted molar refractivity (Wildman–Crippen MR) is 279 cm³/mol. The minimum atomic E-state index is -1.02. The van der Waals surface area contributed by atoms with Crippen LogP contribution in [0.5, 0.6) is 11.5 Å². The summed E-state index contributed by atoms with van der Waals surface area (Å²) in [6.45, 7) is 10.8. The van der Waals surface area contributed by atoms with Gasteiger partial charge in [-0.15, -0.1) is 0 Å². The molecule has 8 aliphatic heterocycles. The molecule has 0 spiro atoms. The summed E-state index contributed by atoms with van der Waals surface area (Å²) in [5.41, 5.74) is 7.64. The molecule has 4 fully saturated rings. The Bertz CT molecular complexity index is 2540. The Morgan fingerprint density at radius 1 is 0.549 bits per heavy atom. The van der Waals surface area contributed by atoms with Crippen LogP contribution in [0, 0.1) is 0 Å². The van der Waals surface area contributed by atoms with Crippen molar-refractivity contribution >= 4 is 45.1 Å². The van der Waals surface area contributed by atoms with Gasteiger partial charge < -0.3 is 49.6 Å². The quantitative estimate of drug-likeness (QED) is 0.188. The number of benzene rings is 2. The van der Waals surface area contributed by atoms with E-state index in [9.17, 15) is 8.42 Å². The molecule has 2 aromatic carbocycles. The number of fused-ring (bicyclic) bond motifs is 4. The van der Waals surface area contributed by atoms with Crippen LogP contribution in [-0.4, -0.2) is 155 Å². The van der Waals surface area contributed by atoms with E-state index >= 15 is 0 Å². The highest BCUT2D eigenvalue weighted by Crippen LogP contribution is 2.35. The van der Waals surface area contributed by atoms with Gasteiger partial charge in [-0.05, 0) is 118 Å². The molecule has 382 valence electrons. The predicted octanol–water partition coefficient (Wildman–Crippen LogP) is 5.28. The maximum atomic E-state index is 12.7. The molecule has 0 bridgehead atoms. The van der Waals surface area contributed by atoms with Gasteiger partial charge in [0, 0.05) is 128 Å². The molecule has 10 heterocycles. The fraction of sp³-hybridized carbons (Fsp3) is 0.623. The number of ether oxygens (including phenoxy) is 4. The largest absolute Gasteiger partial charge is 0.490 e. The third kappa shape index (κ3) is 11.8. The van der Waals surface area contributed by atoms with Crippen LogP contribution in [-0.2, 0) is 69.6 Å². The Balaban J connectivity index is 0.000000154. The third-order valence-corrected chi connectivity index (χ3v) is 18.5. The summed E-state index contributed by atoms with van der Waals surface area (Å²) in [4.78, 5) is 28.1. The first-order valence-corrected chi connectivity index (χ1v) is 29.2. The van der Waals surface area contributed by atoms with E-state index in [-0.39, 0.29) is 12.2 Å². The molecule has 16 nitrogen and oxygen atoms in total. The summed E-state index contributed by atoms with van der Waals surface area (Å²) in [5.74, 6) is 6.32. The molecule has 12 rings (SSSR count). The van der Waals surface area contributed by atoms with E-state index in [1.165, 1.54) is 22.3 Å². The SMILES string of the molecule is CN1CCc2ccc(OC3CCN(c4nc5c(c(NC6CCOCC6)n4)S(=O)CC5)CC3)cc2CC1.O=S1CCc2nc(N3CCC(Oc4ccc5c(c4)CCNCC5)CC3)nc(NC3CCOCC3)c21. The summed E-state index contributed by atoms with van der Waals surface area (Å²) in [6, 6.07) is 13.9. The zero-order valence-electron chi connectivity index (χ0n) is 41.5. The average Bonchev–Trinajstić information content (AvgIpc) is 3.80. The van der Waals surface area contributed by atoms with Crippen molar-refractivity contribution in [1.82, 2.24) is 30.2 Å². The highest BCUT2D eigenvalue weighted by atomic mass is 32.2. The molecule has 0 aliphatic carbocycles.